The predicted molar refractivity (Wildman–Crippen MR) is 56.7 cm³/mol. The highest BCUT2D eigenvalue weighted by Gasteiger charge is 2.26. The van der Waals surface area contributed by atoms with Crippen LogP contribution in [0.5, 0.6) is 0 Å². The van der Waals surface area contributed by atoms with E-state index in [0.29, 0.717) is 12.6 Å². The second-order valence-electron chi connectivity index (χ2n) is 3.35. The highest BCUT2D eigenvalue weighted by atomic mass is 32.2. The molecule has 0 radical (unpaired) electrons. The van der Waals surface area contributed by atoms with Crippen molar-refractivity contribution >= 4 is 11.8 Å². The molecule has 1 fully saturated rings. The lowest BCUT2D eigenvalue weighted by atomic mass is 10.1. The molecule has 0 aliphatic carbocycles. The summed E-state index contributed by atoms with van der Waals surface area (Å²) in [6.07, 6.45) is 0. The average molecular weight is 205 g/mol. The number of nitrogens with two attached hydrogens (primary N) is 1. The fourth-order valence-electron chi connectivity index (χ4n) is 1.58. The van der Waals surface area contributed by atoms with Gasteiger partial charge >= 0.3 is 0 Å². The van der Waals surface area contributed by atoms with Crippen LogP contribution in [-0.2, 0) is 4.74 Å². The Balaban J connectivity index is 2.44. The van der Waals surface area contributed by atoms with Crippen molar-refractivity contribution in [3.8, 4) is 0 Å². The average Bonchev–Trinajstić information content (AvgIpc) is 2.16. The summed E-state index contributed by atoms with van der Waals surface area (Å²) in [5.74, 6) is 7.84. The molecule has 2 atom stereocenters. The van der Waals surface area contributed by atoms with E-state index in [1.807, 2.05) is 11.8 Å². The van der Waals surface area contributed by atoms with Crippen LogP contribution in [-0.4, -0.2) is 55.8 Å². The van der Waals surface area contributed by atoms with Crippen molar-refractivity contribution in [2.75, 3.05) is 38.8 Å². The number of hydrogen-bond donors (Lipinski definition) is 2. The van der Waals surface area contributed by atoms with E-state index in [-0.39, 0.29) is 6.04 Å². The molecule has 1 heterocycles. The zero-order chi connectivity index (χ0) is 9.68. The number of hydrazine groups is 1. The van der Waals surface area contributed by atoms with Crippen LogP contribution >= 0.6 is 11.8 Å². The number of nitrogens with one attached hydrogen (secondary N) is 1. The van der Waals surface area contributed by atoms with Crippen LogP contribution in [0.1, 0.15) is 0 Å². The van der Waals surface area contributed by atoms with Crippen LogP contribution < -0.4 is 11.3 Å². The molecule has 3 N–H and O–H groups in total. The van der Waals surface area contributed by atoms with Crippen molar-refractivity contribution in [1.82, 2.24) is 10.3 Å². The molecule has 13 heavy (non-hydrogen) atoms. The lowest BCUT2D eigenvalue weighted by molar-refractivity contribution is 0.116. The molecular formula is C8H19N3OS. The Morgan fingerprint density at radius 1 is 1.77 bits per heavy atom. The first-order valence-electron chi connectivity index (χ1n) is 4.52. The molecule has 2 unspecified atom stereocenters. The van der Waals surface area contributed by atoms with Gasteiger partial charge in [-0.05, 0) is 7.05 Å². The Kier molecular flexibility index (Phi) is 5.05. The van der Waals surface area contributed by atoms with Gasteiger partial charge in [-0.2, -0.15) is 11.8 Å². The van der Waals surface area contributed by atoms with Gasteiger partial charge in [0.1, 0.15) is 0 Å². The molecule has 5 heteroatoms. The predicted octanol–water partition coefficient (Wildman–Crippen LogP) is -0.488. The van der Waals surface area contributed by atoms with E-state index in [1.165, 1.54) is 5.75 Å². The molecule has 0 aromatic carbocycles. The van der Waals surface area contributed by atoms with Gasteiger partial charge in [-0.1, -0.05) is 0 Å². The first kappa shape index (κ1) is 11.3. The molecule has 0 amide bonds. The zero-order valence-electron chi connectivity index (χ0n) is 8.32. The fourth-order valence-corrected chi connectivity index (χ4v) is 2.89. The molecule has 0 bridgehead atoms. The van der Waals surface area contributed by atoms with Gasteiger partial charge in [-0.15, -0.1) is 0 Å². The lowest BCUT2D eigenvalue weighted by Crippen LogP contribution is -2.56. The van der Waals surface area contributed by atoms with Gasteiger partial charge in [-0.25, -0.2) is 0 Å². The fraction of sp³-hybridized carbons (Fsp3) is 1.00. The maximum atomic E-state index is 5.49. The largest absolute Gasteiger partial charge is 0.383 e. The first-order chi connectivity index (χ1) is 6.29. The summed E-state index contributed by atoms with van der Waals surface area (Å²) in [4.78, 5) is 2.35. The maximum Gasteiger partial charge on any atom is 0.0644 e. The number of methoxy groups -OCH3 is 1. The van der Waals surface area contributed by atoms with Gasteiger partial charge in [0.25, 0.3) is 0 Å². The van der Waals surface area contributed by atoms with Gasteiger partial charge in [0.2, 0.25) is 0 Å². The van der Waals surface area contributed by atoms with E-state index in [0.717, 1.165) is 12.3 Å². The second-order valence-corrected chi connectivity index (χ2v) is 4.50. The van der Waals surface area contributed by atoms with Gasteiger partial charge in [0.05, 0.1) is 12.6 Å². The van der Waals surface area contributed by atoms with Crippen LogP contribution in [0.25, 0.3) is 0 Å². The molecule has 78 valence electrons. The molecule has 0 aromatic heterocycles. The summed E-state index contributed by atoms with van der Waals surface area (Å²) in [6, 6.07) is 0.728. The van der Waals surface area contributed by atoms with E-state index in [9.17, 15) is 0 Å². The smallest absolute Gasteiger partial charge is 0.0644 e. The molecule has 1 aliphatic rings. The standard InChI is InChI=1S/C8H19N3OS/c1-11-3-4-13-6-8(11)7(10-9)5-12-2/h7-8,10H,3-6,9H2,1-2H3. The number of thioether (sulfide) groups is 1. The first-order valence-corrected chi connectivity index (χ1v) is 5.68. The summed E-state index contributed by atoms with van der Waals surface area (Å²) in [5, 5.41) is 0. The van der Waals surface area contributed by atoms with E-state index in [2.05, 4.69) is 17.4 Å². The van der Waals surface area contributed by atoms with Crippen molar-refractivity contribution < 1.29 is 4.74 Å². The molecule has 0 aromatic rings. The summed E-state index contributed by atoms with van der Waals surface area (Å²) in [7, 11) is 3.85. The topological polar surface area (TPSA) is 50.5 Å². The van der Waals surface area contributed by atoms with E-state index in [4.69, 9.17) is 10.6 Å². The van der Waals surface area contributed by atoms with E-state index < -0.39 is 0 Å². The molecule has 1 rings (SSSR count). The maximum absolute atomic E-state index is 5.49. The molecular weight excluding hydrogens is 186 g/mol. The summed E-state index contributed by atoms with van der Waals surface area (Å²) in [6.45, 7) is 1.81. The van der Waals surface area contributed by atoms with Crippen LogP contribution in [0.4, 0.5) is 0 Å². The van der Waals surface area contributed by atoms with Gasteiger partial charge in [-0.3, -0.25) is 11.3 Å². The minimum Gasteiger partial charge on any atom is -0.383 e. The van der Waals surface area contributed by atoms with Crippen molar-refractivity contribution in [2.45, 2.75) is 12.1 Å². The van der Waals surface area contributed by atoms with Crippen LogP contribution in [0, 0.1) is 0 Å². The van der Waals surface area contributed by atoms with Crippen molar-refractivity contribution in [3.63, 3.8) is 0 Å². The highest BCUT2D eigenvalue weighted by molar-refractivity contribution is 7.99. The molecule has 0 spiro atoms. The monoisotopic (exact) mass is 205 g/mol. The number of likely N-dealkylation sites (N-methyl/N-ethyl adjacent to an activating group) is 1. The highest BCUT2D eigenvalue weighted by Crippen LogP contribution is 2.17. The van der Waals surface area contributed by atoms with Gasteiger partial charge in [0, 0.05) is 31.2 Å². The number of rotatable bonds is 4. The lowest BCUT2D eigenvalue weighted by Gasteiger charge is -2.37. The second kappa shape index (κ2) is 5.82. The van der Waals surface area contributed by atoms with Crippen molar-refractivity contribution in [1.29, 1.82) is 0 Å². The Morgan fingerprint density at radius 3 is 3.08 bits per heavy atom. The minimum absolute atomic E-state index is 0.239. The Morgan fingerprint density at radius 2 is 2.54 bits per heavy atom. The van der Waals surface area contributed by atoms with E-state index >= 15 is 0 Å². The van der Waals surface area contributed by atoms with Gasteiger partial charge < -0.3 is 9.64 Å². The minimum atomic E-state index is 0.239. The summed E-state index contributed by atoms with van der Waals surface area (Å²) >= 11 is 1.98. The number of ether oxygens (including phenoxy) is 1. The summed E-state index contributed by atoms with van der Waals surface area (Å²) < 4.78 is 5.12. The normalized spacial score (nSPS) is 27.5. The Bertz CT molecular complexity index is 147. The van der Waals surface area contributed by atoms with Crippen molar-refractivity contribution in [3.05, 3.63) is 0 Å². The molecule has 1 saturated heterocycles. The third-order valence-electron chi connectivity index (χ3n) is 2.47. The quantitative estimate of drug-likeness (QED) is 0.479. The van der Waals surface area contributed by atoms with Gasteiger partial charge in [0.15, 0.2) is 0 Å². The number of hydrogen-bond acceptors (Lipinski definition) is 5. The molecule has 1 aliphatic heterocycles. The van der Waals surface area contributed by atoms with E-state index in [1.54, 1.807) is 7.11 Å². The number of nitrogens with zero attached hydrogens (tertiary/aromatic N) is 1. The summed E-state index contributed by atoms with van der Waals surface area (Å²) in [5.41, 5.74) is 2.82. The Hall–Kier alpha value is 0.190. The van der Waals surface area contributed by atoms with Crippen LogP contribution in [0.2, 0.25) is 0 Å². The SMILES string of the molecule is COCC(NN)C1CSCCN1C. The zero-order valence-corrected chi connectivity index (χ0v) is 9.14. The molecule has 4 nitrogen and oxygen atoms in total. The Labute approximate surface area is 84.1 Å². The van der Waals surface area contributed by atoms with Crippen molar-refractivity contribution in [2.24, 2.45) is 5.84 Å². The van der Waals surface area contributed by atoms with Crippen LogP contribution in [0.3, 0.4) is 0 Å². The third-order valence-corrected chi connectivity index (χ3v) is 3.52. The molecule has 0 saturated carbocycles. The third kappa shape index (κ3) is 3.11. The van der Waals surface area contributed by atoms with Crippen LogP contribution in [0.15, 0.2) is 0 Å².